The Morgan fingerprint density at radius 2 is 2.44 bits per heavy atom. The van der Waals surface area contributed by atoms with Crippen molar-refractivity contribution in [3.8, 4) is 11.3 Å². The molecule has 2 aromatic heterocycles. The maximum absolute atomic E-state index is 11.3. The normalized spacial score (nSPS) is 10.1. The Morgan fingerprint density at radius 1 is 1.56 bits per heavy atom. The highest BCUT2D eigenvalue weighted by atomic mass is 16.5. The second-order valence-electron chi connectivity index (χ2n) is 3.01. The number of hydrogen-bond donors (Lipinski definition) is 0. The Kier molecular flexibility index (Phi) is 2.95. The van der Waals surface area contributed by atoms with Crippen LogP contribution in [-0.2, 0) is 4.74 Å². The van der Waals surface area contributed by atoms with Gasteiger partial charge in [0.05, 0.1) is 18.5 Å². The van der Waals surface area contributed by atoms with Crippen molar-refractivity contribution in [1.82, 2.24) is 14.8 Å². The van der Waals surface area contributed by atoms with Crippen LogP contribution in [-0.4, -0.2) is 27.5 Å². The first-order valence-corrected chi connectivity index (χ1v) is 4.87. The molecule has 0 unspecified atom stereocenters. The van der Waals surface area contributed by atoms with Gasteiger partial charge >= 0.3 is 6.09 Å². The summed E-state index contributed by atoms with van der Waals surface area (Å²) in [5, 5.41) is 4.07. The third-order valence-corrected chi connectivity index (χ3v) is 1.93. The Morgan fingerprint density at radius 3 is 3.12 bits per heavy atom. The first kappa shape index (κ1) is 10.4. The Bertz CT molecular complexity index is 479. The van der Waals surface area contributed by atoms with Gasteiger partial charge in [0.1, 0.15) is 0 Å². The quantitative estimate of drug-likeness (QED) is 0.767. The maximum atomic E-state index is 11.3. The highest BCUT2D eigenvalue weighted by Crippen LogP contribution is 2.13. The molecule has 0 aliphatic carbocycles. The van der Waals surface area contributed by atoms with Crippen LogP contribution in [0, 0.1) is 6.20 Å². The van der Waals surface area contributed by atoms with Crippen LogP contribution in [0.3, 0.4) is 0 Å². The minimum absolute atomic E-state index is 0.326. The van der Waals surface area contributed by atoms with Crippen LogP contribution in [0.1, 0.15) is 6.92 Å². The van der Waals surface area contributed by atoms with E-state index in [2.05, 4.69) is 16.3 Å². The van der Waals surface area contributed by atoms with Crippen molar-refractivity contribution < 1.29 is 9.53 Å². The second kappa shape index (κ2) is 4.57. The molecule has 2 aromatic rings. The zero-order chi connectivity index (χ0) is 11.4. The van der Waals surface area contributed by atoms with Crippen LogP contribution < -0.4 is 0 Å². The van der Waals surface area contributed by atoms with E-state index in [0.29, 0.717) is 12.3 Å². The summed E-state index contributed by atoms with van der Waals surface area (Å²) in [6.45, 7) is 2.07. The summed E-state index contributed by atoms with van der Waals surface area (Å²) in [6, 6.07) is 5.32. The Labute approximate surface area is 92.7 Å². The molecular formula is C11H10N3O2. The summed E-state index contributed by atoms with van der Waals surface area (Å²) in [4.78, 5) is 15.2. The summed E-state index contributed by atoms with van der Waals surface area (Å²) in [5.41, 5.74) is 1.38. The molecular weight excluding hydrogens is 206 g/mol. The minimum Gasteiger partial charge on any atom is -0.448 e. The highest BCUT2D eigenvalue weighted by Gasteiger charge is 2.08. The lowest BCUT2D eigenvalue weighted by atomic mass is 10.2. The molecule has 81 valence electrons. The van der Waals surface area contributed by atoms with Crippen LogP contribution >= 0.6 is 0 Å². The molecule has 5 heteroatoms. The number of carbonyl (C=O) groups is 1. The van der Waals surface area contributed by atoms with E-state index in [0.717, 1.165) is 10.2 Å². The van der Waals surface area contributed by atoms with E-state index in [1.165, 1.54) is 0 Å². The molecule has 0 atom stereocenters. The van der Waals surface area contributed by atoms with E-state index in [4.69, 9.17) is 4.74 Å². The van der Waals surface area contributed by atoms with E-state index in [9.17, 15) is 4.79 Å². The number of hydrogen-bond acceptors (Lipinski definition) is 4. The number of aromatic nitrogens is 3. The van der Waals surface area contributed by atoms with Gasteiger partial charge in [-0.1, -0.05) is 0 Å². The topological polar surface area (TPSA) is 57.0 Å². The molecule has 0 aliphatic heterocycles. The van der Waals surface area contributed by atoms with Crippen LogP contribution in [0.4, 0.5) is 4.79 Å². The summed E-state index contributed by atoms with van der Waals surface area (Å²) < 4.78 is 5.97. The largest absolute Gasteiger partial charge is 0.448 e. The third kappa shape index (κ3) is 2.08. The molecule has 1 radical (unpaired) electrons. The molecule has 2 heterocycles. The zero-order valence-electron chi connectivity index (χ0n) is 8.75. The van der Waals surface area contributed by atoms with Gasteiger partial charge in [-0.2, -0.15) is 9.78 Å². The molecule has 0 aromatic carbocycles. The molecule has 0 N–H and O–H groups in total. The van der Waals surface area contributed by atoms with Crippen molar-refractivity contribution in [3.63, 3.8) is 0 Å². The molecule has 5 nitrogen and oxygen atoms in total. The van der Waals surface area contributed by atoms with Crippen LogP contribution in [0.2, 0.25) is 0 Å². The lowest BCUT2D eigenvalue weighted by Crippen LogP contribution is -2.13. The van der Waals surface area contributed by atoms with Crippen LogP contribution in [0.15, 0.2) is 30.6 Å². The van der Waals surface area contributed by atoms with E-state index < -0.39 is 6.09 Å². The fraction of sp³-hybridized carbons (Fsp3) is 0.182. The average molecular weight is 216 g/mol. The smallest absolute Gasteiger partial charge is 0.434 e. The molecule has 16 heavy (non-hydrogen) atoms. The van der Waals surface area contributed by atoms with Gasteiger partial charge in [0.25, 0.3) is 0 Å². The first-order chi connectivity index (χ1) is 7.81. The fourth-order valence-electron chi connectivity index (χ4n) is 1.23. The van der Waals surface area contributed by atoms with Gasteiger partial charge in [0.2, 0.25) is 0 Å². The SMILES string of the molecule is CCOC(=O)n1ccc(-c2[c]nccc2)n1. The van der Waals surface area contributed by atoms with Crippen molar-refractivity contribution >= 4 is 6.09 Å². The van der Waals surface area contributed by atoms with E-state index in [1.807, 2.05) is 6.07 Å². The average Bonchev–Trinajstić information content (AvgIpc) is 2.80. The van der Waals surface area contributed by atoms with Crippen LogP contribution in [0.5, 0.6) is 0 Å². The second-order valence-corrected chi connectivity index (χ2v) is 3.01. The molecule has 0 amide bonds. The molecule has 0 saturated carbocycles. The van der Waals surface area contributed by atoms with Gasteiger partial charge in [0, 0.05) is 18.0 Å². The maximum Gasteiger partial charge on any atom is 0.434 e. The van der Waals surface area contributed by atoms with Gasteiger partial charge in [-0.15, -0.1) is 0 Å². The van der Waals surface area contributed by atoms with Gasteiger partial charge in [-0.25, -0.2) is 4.79 Å². The standard InChI is InChI=1S/C11H10N3O2/c1-2-16-11(15)14-7-5-10(13-14)9-4-3-6-12-8-9/h3-7H,2H2,1H3. The number of pyridine rings is 1. The molecule has 0 spiro atoms. The summed E-state index contributed by atoms with van der Waals surface area (Å²) in [5.74, 6) is 0. The van der Waals surface area contributed by atoms with Gasteiger partial charge < -0.3 is 4.74 Å². The van der Waals surface area contributed by atoms with Crippen LogP contribution in [0.25, 0.3) is 11.3 Å². The summed E-state index contributed by atoms with van der Waals surface area (Å²) in [6.07, 6.45) is 5.48. The molecule has 2 rings (SSSR count). The molecule has 0 bridgehead atoms. The first-order valence-electron chi connectivity index (χ1n) is 4.87. The zero-order valence-corrected chi connectivity index (χ0v) is 8.75. The van der Waals surface area contributed by atoms with Crippen molar-refractivity contribution in [2.75, 3.05) is 6.61 Å². The monoisotopic (exact) mass is 216 g/mol. The number of rotatable bonds is 2. The third-order valence-electron chi connectivity index (χ3n) is 1.93. The lowest BCUT2D eigenvalue weighted by molar-refractivity contribution is 0.150. The van der Waals surface area contributed by atoms with E-state index >= 15 is 0 Å². The number of nitrogens with zero attached hydrogens (tertiary/aromatic N) is 3. The lowest BCUT2D eigenvalue weighted by Gasteiger charge is -1.99. The molecule has 0 saturated heterocycles. The number of ether oxygens (including phenoxy) is 1. The van der Waals surface area contributed by atoms with E-state index in [-0.39, 0.29) is 0 Å². The highest BCUT2D eigenvalue weighted by molar-refractivity contribution is 5.70. The van der Waals surface area contributed by atoms with Crippen molar-refractivity contribution in [3.05, 3.63) is 36.8 Å². The fourth-order valence-corrected chi connectivity index (χ4v) is 1.23. The van der Waals surface area contributed by atoms with E-state index in [1.54, 1.807) is 31.5 Å². The van der Waals surface area contributed by atoms with Gasteiger partial charge in [-0.05, 0) is 25.1 Å². The minimum atomic E-state index is -0.488. The molecule has 0 aliphatic rings. The predicted molar refractivity (Wildman–Crippen MR) is 56.7 cm³/mol. The van der Waals surface area contributed by atoms with Crippen molar-refractivity contribution in [1.29, 1.82) is 0 Å². The summed E-state index contributed by atoms with van der Waals surface area (Å²) >= 11 is 0. The predicted octanol–water partition coefficient (Wildman–Crippen LogP) is 1.75. The number of carbonyl (C=O) groups excluding carboxylic acids is 1. The molecule has 0 fully saturated rings. The van der Waals surface area contributed by atoms with Gasteiger partial charge in [0.15, 0.2) is 0 Å². The van der Waals surface area contributed by atoms with Crippen molar-refractivity contribution in [2.45, 2.75) is 6.92 Å². The Hall–Kier alpha value is -2.17. The summed E-state index contributed by atoms with van der Waals surface area (Å²) in [7, 11) is 0. The Balaban J connectivity index is 2.23. The van der Waals surface area contributed by atoms with Gasteiger partial charge in [-0.3, -0.25) is 4.98 Å². The van der Waals surface area contributed by atoms with Crippen molar-refractivity contribution in [2.24, 2.45) is 0 Å².